The third kappa shape index (κ3) is 6.92. The summed E-state index contributed by atoms with van der Waals surface area (Å²) in [6.45, 7) is 12.8. The molecule has 0 spiro atoms. The van der Waals surface area contributed by atoms with Crippen LogP contribution in [0.1, 0.15) is 72.3 Å². The molecule has 3 rings (SSSR count). The standard InChI is InChI=1S/C28H44FN3O4S/c1-6-8-9-10-23-11-12-24(22-25(23)29)31-18-20-32(21-19-31)37(34,35)28(26(33)36-27(3,4)5)13-16-30(15-7-2)17-14-28/h9-12,22H,6-8,13-21H2,1-5H3. The van der Waals surface area contributed by atoms with Crippen molar-refractivity contribution in [2.75, 3.05) is 50.7 Å². The van der Waals surface area contributed by atoms with Crippen LogP contribution in [-0.4, -0.2) is 79.8 Å². The Morgan fingerprint density at radius 3 is 2.24 bits per heavy atom. The Hall–Kier alpha value is -1.97. The van der Waals surface area contributed by atoms with Crippen molar-refractivity contribution < 1.29 is 22.3 Å². The molecule has 0 aliphatic carbocycles. The van der Waals surface area contributed by atoms with E-state index < -0.39 is 26.3 Å². The van der Waals surface area contributed by atoms with E-state index in [-0.39, 0.29) is 31.7 Å². The fourth-order valence-electron chi connectivity index (χ4n) is 5.05. The molecule has 0 aromatic heterocycles. The molecule has 208 valence electrons. The summed E-state index contributed by atoms with van der Waals surface area (Å²) in [5.41, 5.74) is 0.505. The number of unbranched alkanes of at least 4 members (excludes halogenated alkanes) is 1. The zero-order valence-corrected chi connectivity index (χ0v) is 23.9. The number of allylic oxidation sites excluding steroid dienone is 1. The number of rotatable bonds is 9. The lowest BCUT2D eigenvalue weighted by atomic mass is 9.95. The highest BCUT2D eigenvalue weighted by Crippen LogP contribution is 2.37. The van der Waals surface area contributed by atoms with Gasteiger partial charge in [0, 0.05) is 50.5 Å². The van der Waals surface area contributed by atoms with Gasteiger partial charge >= 0.3 is 5.97 Å². The largest absolute Gasteiger partial charge is 0.459 e. The van der Waals surface area contributed by atoms with Crippen molar-refractivity contribution in [1.29, 1.82) is 0 Å². The fourth-order valence-corrected chi connectivity index (χ4v) is 7.14. The molecule has 2 aliphatic rings. The van der Waals surface area contributed by atoms with Gasteiger partial charge in [0.25, 0.3) is 0 Å². The molecular formula is C28H44FN3O4S. The van der Waals surface area contributed by atoms with Crippen molar-refractivity contribution in [2.24, 2.45) is 0 Å². The highest BCUT2D eigenvalue weighted by molar-refractivity contribution is 7.91. The van der Waals surface area contributed by atoms with E-state index in [1.54, 1.807) is 32.9 Å². The van der Waals surface area contributed by atoms with Crippen LogP contribution in [0.25, 0.3) is 6.08 Å². The first-order valence-corrected chi connectivity index (χ1v) is 15.0. The van der Waals surface area contributed by atoms with Crippen LogP contribution in [-0.2, 0) is 19.6 Å². The van der Waals surface area contributed by atoms with E-state index in [9.17, 15) is 17.6 Å². The van der Waals surface area contributed by atoms with Gasteiger partial charge in [-0.1, -0.05) is 32.4 Å². The Morgan fingerprint density at radius 1 is 1.05 bits per heavy atom. The first-order chi connectivity index (χ1) is 17.4. The van der Waals surface area contributed by atoms with E-state index in [1.807, 2.05) is 17.0 Å². The summed E-state index contributed by atoms with van der Waals surface area (Å²) in [4.78, 5) is 17.6. The molecule has 1 aromatic rings. The molecule has 0 atom stereocenters. The Kier molecular flexibility index (Phi) is 9.80. The molecule has 1 aromatic carbocycles. The molecule has 0 saturated carbocycles. The van der Waals surface area contributed by atoms with Crippen molar-refractivity contribution in [3.05, 3.63) is 35.7 Å². The number of carbonyl (C=O) groups is 1. The average Bonchev–Trinajstić information content (AvgIpc) is 2.84. The maximum Gasteiger partial charge on any atom is 0.329 e. The number of piperidine rings is 1. The maximum absolute atomic E-state index is 14.7. The van der Waals surface area contributed by atoms with Crippen LogP contribution in [0.2, 0.25) is 0 Å². The Morgan fingerprint density at radius 2 is 1.70 bits per heavy atom. The zero-order chi connectivity index (χ0) is 27.3. The molecule has 37 heavy (non-hydrogen) atoms. The van der Waals surface area contributed by atoms with Crippen molar-refractivity contribution in [3.8, 4) is 0 Å². The van der Waals surface area contributed by atoms with E-state index in [1.165, 1.54) is 10.4 Å². The van der Waals surface area contributed by atoms with Gasteiger partial charge in [0.1, 0.15) is 11.4 Å². The lowest BCUT2D eigenvalue weighted by molar-refractivity contribution is -0.159. The Bertz CT molecular complexity index is 1050. The number of carbonyl (C=O) groups excluding carboxylic acids is 1. The number of likely N-dealkylation sites (tertiary alicyclic amines) is 1. The van der Waals surface area contributed by atoms with Crippen LogP contribution in [0.15, 0.2) is 24.3 Å². The molecule has 2 heterocycles. The SMILES string of the molecule is CCCC=Cc1ccc(N2CCN(S(=O)(=O)C3(C(=O)OC(C)(C)C)CCN(CCC)CC3)CC2)cc1F. The molecule has 0 amide bonds. The van der Waals surface area contributed by atoms with Crippen LogP contribution in [0, 0.1) is 5.82 Å². The molecule has 7 nitrogen and oxygen atoms in total. The van der Waals surface area contributed by atoms with Crippen molar-refractivity contribution in [1.82, 2.24) is 9.21 Å². The Balaban J connectivity index is 1.75. The van der Waals surface area contributed by atoms with Crippen LogP contribution < -0.4 is 4.90 Å². The third-order valence-electron chi connectivity index (χ3n) is 7.15. The van der Waals surface area contributed by atoms with Gasteiger partial charge in [-0.3, -0.25) is 4.79 Å². The van der Waals surface area contributed by atoms with Crippen molar-refractivity contribution in [2.45, 2.75) is 77.1 Å². The summed E-state index contributed by atoms with van der Waals surface area (Å²) < 4.78 is 48.3. The number of sulfonamides is 1. The van der Waals surface area contributed by atoms with Crippen molar-refractivity contribution in [3.63, 3.8) is 0 Å². The monoisotopic (exact) mass is 537 g/mol. The van der Waals surface area contributed by atoms with Crippen LogP contribution in [0.5, 0.6) is 0 Å². The second-order valence-corrected chi connectivity index (χ2v) is 13.4. The number of hydrogen-bond acceptors (Lipinski definition) is 6. The van der Waals surface area contributed by atoms with E-state index in [0.29, 0.717) is 31.7 Å². The predicted molar refractivity (Wildman–Crippen MR) is 148 cm³/mol. The highest BCUT2D eigenvalue weighted by atomic mass is 32.2. The molecule has 0 radical (unpaired) electrons. The quantitative estimate of drug-likeness (QED) is 0.426. The second-order valence-electron chi connectivity index (χ2n) is 11.1. The number of piperazine rings is 1. The smallest absolute Gasteiger partial charge is 0.329 e. The van der Waals surface area contributed by atoms with Crippen LogP contribution in [0.4, 0.5) is 10.1 Å². The maximum atomic E-state index is 14.7. The first kappa shape index (κ1) is 29.6. The lowest BCUT2D eigenvalue weighted by Crippen LogP contribution is -2.62. The van der Waals surface area contributed by atoms with Gasteiger partial charge in [-0.2, -0.15) is 4.31 Å². The molecule has 2 saturated heterocycles. The summed E-state index contributed by atoms with van der Waals surface area (Å²) in [7, 11) is -3.97. The summed E-state index contributed by atoms with van der Waals surface area (Å²) in [5, 5.41) is 0. The van der Waals surface area contributed by atoms with Gasteiger partial charge in [-0.05, 0) is 71.2 Å². The number of halogens is 1. The van der Waals surface area contributed by atoms with E-state index in [0.717, 1.165) is 31.5 Å². The molecule has 0 N–H and O–H groups in total. The van der Waals surface area contributed by atoms with Gasteiger partial charge in [-0.15, -0.1) is 0 Å². The number of ether oxygens (including phenoxy) is 1. The second kappa shape index (κ2) is 12.3. The van der Waals surface area contributed by atoms with Gasteiger partial charge in [0.05, 0.1) is 0 Å². The van der Waals surface area contributed by atoms with Crippen LogP contribution in [0.3, 0.4) is 0 Å². The molecule has 2 fully saturated rings. The summed E-state index contributed by atoms with van der Waals surface area (Å²) >= 11 is 0. The topological polar surface area (TPSA) is 70.2 Å². The zero-order valence-electron chi connectivity index (χ0n) is 23.1. The van der Waals surface area contributed by atoms with Gasteiger partial charge in [-0.25, -0.2) is 12.8 Å². The van der Waals surface area contributed by atoms with Gasteiger partial charge in [0.2, 0.25) is 10.0 Å². The fraction of sp³-hybridized carbons (Fsp3) is 0.679. The van der Waals surface area contributed by atoms with E-state index in [4.69, 9.17) is 4.74 Å². The average molecular weight is 538 g/mol. The highest BCUT2D eigenvalue weighted by Gasteiger charge is 2.56. The number of anilines is 1. The lowest BCUT2D eigenvalue weighted by Gasteiger charge is -2.44. The minimum atomic E-state index is -3.97. The predicted octanol–water partition coefficient (Wildman–Crippen LogP) is 4.68. The minimum Gasteiger partial charge on any atom is -0.459 e. The Labute approximate surface area is 222 Å². The van der Waals surface area contributed by atoms with E-state index >= 15 is 0 Å². The molecule has 2 aliphatic heterocycles. The molecule has 0 bridgehead atoms. The van der Waals surface area contributed by atoms with Crippen LogP contribution >= 0.6 is 0 Å². The van der Waals surface area contributed by atoms with Gasteiger partial charge in [0.15, 0.2) is 4.75 Å². The van der Waals surface area contributed by atoms with Crippen molar-refractivity contribution >= 4 is 27.8 Å². The number of esters is 1. The van der Waals surface area contributed by atoms with E-state index in [2.05, 4.69) is 18.7 Å². The third-order valence-corrected chi connectivity index (χ3v) is 9.76. The summed E-state index contributed by atoms with van der Waals surface area (Å²) in [6, 6.07) is 5.16. The summed E-state index contributed by atoms with van der Waals surface area (Å²) in [5.74, 6) is -0.935. The number of benzene rings is 1. The molecule has 0 unspecified atom stereocenters. The number of hydrogen-bond donors (Lipinski definition) is 0. The number of nitrogens with zero attached hydrogens (tertiary/aromatic N) is 3. The van der Waals surface area contributed by atoms with Gasteiger partial charge < -0.3 is 14.5 Å². The normalized spacial score (nSPS) is 19.9. The molecule has 9 heteroatoms. The minimum absolute atomic E-state index is 0.225. The first-order valence-electron chi connectivity index (χ1n) is 13.6. The molecular weight excluding hydrogens is 493 g/mol. The summed E-state index contributed by atoms with van der Waals surface area (Å²) in [6.07, 6.45) is 7.11.